The minimum Gasteiger partial charge on any atom is -0.481 e. The number of carboxylic acid groups (broad SMARTS) is 1. The zero-order chi connectivity index (χ0) is 17.3. The normalized spacial score (nSPS) is 27.0. The molecule has 2 N–H and O–H groups in total. The molecule has 2 bridgehead atoms. The van der Waals surface area contributed by atoms with Gasteiger partial charge in [0.05, 0.1) is 30.3 Å². The van der Waals surface area contributed by atoms with Gasteiger partial charge in [0.25, 0.3) is 0 Å². The molecule has 1 aromatic rings. The highest BCUT2D eigenvalue weighted by molar-refractivity contribution is 5.97. The second kappa shape index (κ2) is 6.45. The van der Waals surface area contributed by atoms with Crippen molar-refractivity contribution < 1.29 is 29.0 Å². The number of rotatable bonds is 5. The Bertz CT molecular complexity index is 696. The standard InChI is InChI=1S/C17H17NO6/c1-2-23-17(22)9-3-5-10(6-4-9)18-15(19)13-11-7-8-12(24-11)14(13)16(20)21/h3-8,11-14H,2H2,1H3,(H,18,19)(H,20,21)/t11-,12-,13-,14-/m0/s1. The number of amides is 1. The zero-order valence-corrected chi connectivity index (χ0v) is 13.0. The minimum absolute atomic E-state index is 0.283. The Morgan fingerprint density at radius 1 is 1.12 bits per heavy atom. The Morgan fingerprint density at radius 2 is 1.75 bits per heavy atom. The van der Waals surface area contributed by atoms with Gasteiger partial charge in [-0.15, -0.1) is 0 Å². The van der Waals surface area contributed by atoms with E-state index in [1.165, 1.54) is 0 Å². The Kier molecular flexibility index (Phi) is 4.35. The first-order valence-corrected chi connectivity index (χ1v) is 7.66. The SMILES string of the molecule is CCOC(=O)c1ccc(NC(=O)[C@@H]2[C@@H](C(=O)O)[C@@H]3C=C[C@@H]2O3)cc1. The second-order valence-electron chi connectivity index (χ2n) is 5.63. The van der Waals surface area contributed by atoms with Gasteiger partial charge in [-0.3, -0.25) is 9.59 Å². The molecule has 2 aliphatic heterocycles. The molecule has 2 heterocycles. The van der Waals surface area contributed by atoms with Gasteiger partial charge >= 0.3 is 11.9 Å². The summed E-state index contributed by atoms with van der Waals surface area (Å²) in [4.78, 5) is 35.4. The fourth-order valence-corrected chi connectivity index (χ4v) is 3.04. The van der Waals surface area contributed by atoms with Crippen LogP contribution in [0.1, 0.15) is 17.3 Å². The van der Waals surface area contributed by atoms with E-state index in [0.29, 0.717) is 11.3 Å². The second-order valence-corrected chi connectivity index (χ2v) is 5.63. The molecule has 0 aliphatic carbocycles. The molecule has 7 nitrogen and oxygen atoms in total. The van der Waals surface area contributed by atoms with Gasteiger partial charge in [0, 0.05) is 5.69 Å². The molecule has 0 unspecified atom stereocenters. The Labute approximate surface area is 138 Å². The number of fused-ring (bicyclic) bond motifs is 2. The molecule has 7 heteroatoms. The number of carbonyl (C=O) groups excluding carboxylic acids is 2. The number of carbonyl (C=O) groups is 3. The predicted octanol–water partition coefficient (Wildman–Crippen LogP) is 1.46. The number of ether oxygens (including phenoxy) is 2. The van der Waals surface area contributed by atoms with Crippen LogP contribution in [0.2, 0.25) is 0 Å². The van der Waals surface area contributed by atoms with Gasteiger partial charge in [0.2, 0.25) is 5.91 Å². The molecule has 0 saturated carbocycles. The van der Waals surface area contributed by atoms with Crippen molar-refractivity contribution in [3.8, 4) is 0 Å². The van der Waals surface area contributed by atoms with Gasteiger partial charge in [0.15, 0.2) is 0 Å². The predicted molar refractivity (Wildman–Crippen MR) is 83.4 cm³/mol. The summed E-state index contributed by atoms with van der Waals surface area (Å²) in [6.45, 7) is 2.00. The van der Waals surface area contributed by atoms with Crippen LogP contribution in [0.3, 0.4) is 0 Å². The molecule has 1 aromatic carbocycles. The third-order valence-corrected chi connectivity index (χ3v) is 4.15. The number of hydrogen-bond acceptors (Lipinski definition) is 5. The van der Waals surface area contributed by atoms with Crippen LogP contribution in [0.25, 0.3) is 0 Å². The lowest BCUT2D eigenvalue weighted by Crippen LogP contribution is -2.39. The highest BCUT2D eigenvalue weighted by Gasteiger charge is 2.53. The Morgan fingerprint density at radius 3 is 2.33 bits per heavy atom. The summed E-state index contributed by atoms with van der Waals surface area (Å²) in [6, 6.07) is 6.23. The maximum absolute atomic E-state index is 12.5. The average molecular weight is 331 g/mol. The summed E-state index contributed by atoms with van der Waals surface area (Å²) in [6.07, 6.45) is 2.32. The monoisotopic (exact) mass is 331 g/mol. The number of aliphatic carboxylic acids is 1. The van der Waals surface area contributed by atoms with E-state index in [1.54, 1.807) is 43.3 Å². The molecule has 24 heavy (non-hydrogen) atoms. The van der Waals surface area contributed by atoms with Crippen LogP contribution in [-0.4, -0.2) is 41.8 Å². The first-order chi connectivity index (χ1) is 11.5. The maximum Gasteiger partial charge on any atom is 0.338 e. The van der Waals surface area contributed by atoms with Crippen LogP contribution in [0.5, 0.6) is 0 Å². The van der Waals surface area contributed by atoms with Crippen molar-refractivity contribution in [3.05, 3.63) is 42.0 Å². The largest absolute Gasteiger partial charge is 0.481 e. The fourth-order valence-electron chi connectivity index (χ4n) is 3.04. The van der Waals surface area contributed by atoms with Crippen molar-refractivity contribution >= 4 is 23.5 Å². The maximum atomic E-state index is 12.5. The van der Waals surface area contributed by atoms with Crippen molar-refractivity contribution in [1.82, 2.24) is 0 Å². The van der Waals surface area contributed by atoms with E-state index in [-0.39, 0.29) is 6.61 Å². The third-order valence-electron chi connectivity index (χ3n) is 4.15. The van der Waals surface area contributed by atoms with E-state index in [9.17, 15) is 19.5 Å². The lowest BCUT2D eigenvalue weighted by atomic mass is 9.82. The molecule has 1 fully saturated rings. The Balaban J connectivity index is 1.70. The summed E-state index contributed by atoms with van der Waals surface area (Å²) in [7, 11) is 0. The summed E-state index contributed by atoms with van der Waals surface area (Å²) in [5.41, 5.74) is 0.855. The van der Waals surface area contributed by atoms with Gasteiger partial charge in [-0.1, -0.05) is 12.2 Å². The number of esters is 1. The molecule has 0 radical (unpaired) electrons. The van der Waals surface area contributed by atoms with Crippen molar-refractivity contribution in [2.75, 3.05) is 11.9 Å². The lowest BCUT2D eigenvalue weighted by Gasteiger charge is -2.21. The molecule has 0 aromatic heterocycles. The lowest BCUT2D eigenvalue weighted by molar-refractivity contribution is -0.145. The van der Waals surface area contributed by atoms with Crippen LogP contribution in [0.15, 0.2) is 36.4 Å². The molecular formula is C17H17NO6. The quantitative estimate of drug-likeness (QED) is 0.625. The minimum atomic E-state index is -1.05. The molecule has 2 aliphatic rings. The number of carboxylic acids is 1. The summed E-state index contributed by atoms with van der Waals surface area (Å²) >= 11 is 0. The number of hydrogen-bond donors (Lipinski definition) is 2. The number of anilines is 1. The van der Waals surface area contributed by atoms with Crippen molar-refractivity contribution in [1.29, 1.82) is 0 Å². The van der Waals surface area contributed by atoms with E-state index < -0.39 is 41.9 Å². The topological polar surface area (TPSA) is 102 Å². The number of benzene rings is 1. The number of nitrogens with one attached hydrogen (secondary N) is 1. The van der Waals surface area contributed by atoms with Gasteiger partial charge in [-0.05, 0) is 31.2 Å². The van der Waals surface area contributed by atoms with E-state index in [2.05, 4.69) is 5.32 Å². The van der Waals surface area contributed by atoms with Gasteiger partial charge in [-0.2, -0.15) is 0 Å². The third kappa shape index (κ3) is 2.90. The highest BCUT2D eigenvalue weighted by Crippen LogP contribution is 2.39. The van der Waals surface area contributed by atoms with E-state index >= 15 is 0 Å². The molecule has 1 amide bonds. The smallest absolute Gasteiger partial charge is 0.338 e. The molecule has 1 saturated heterocycles. The molecule has 3 rings (SSSR count). The van der Waals surface area contributed by atoms with Crippen LogP contribution >= 0.6 is 0 Å². The average Bonchev–Trinajstić information content (AvgIpc) is 3.16. The van der Waals surface area contributed by atoms with Crippen LogP contribution in [0, 0.1) is 11.8 Å². The molecule has 126 valence electrons. The van der Waals surface area contributed by atoms with Gasteiger partial charge in [0.1, 0.15) is 5.92 Å². The van der Waals surface area contributed by atoms with Crippen LogP contribution in [-0.2, 0) is 19.1 Å². The van der Waals surface area contributed by atoms with E-state index in [1.807, 2.05) is 0 Å². The molecule has 0 spiro atoms. The summed E-state index contributed by atoms with van der Waals surface area (Å²) < 4.78 is 10.4. The first kappa shape index (κ1) is 16.2. The molecular weight excluding hydrogens is 314 g/mol. The van der Waals surface area contributed by atoms with Crippen LogP contribution in [0.4, 0.5) is 5.69 Å². The van der Waals surface area contributed by atoms with E-state index in [4.69, 9.17) is 9.47 Å². The highest BCUT2D eigenvalue weighted by atomic mass is 16.5. The summed E-state index contributed by atoms with van der Waals surface area (Å²) in [5.74, 6) is -3.57. The van der Waals surface area contributed by atoms with Crippen molar-refractivity contribution in [2.24, 2.45) is 11.8 Å². The van der Waals surface area contributed by atoms with Crippen molar-refractivity contribution in [3.63, 3.8) is 0 Å². The fraction of sp³-hybridized carbons (Fsp3) is 0.353. The van der Waals surface area contributed by atoms with Crippen molar-refractivity contribution in [2.45, 2.75) is 19.1 Å². The first-order valence-electron chi connectivity index (χ1n) is 7.66. The zero-order valence-electron chi connectivity index (χ0n) is 13.0. The van der Waals surface area contributed by atoms with Gasteiger partial charge < -0.3 is 19.9 Å². The molecule has 4 atom stereocenters. The van der Waals surface area contributed by atoms with Gasteiger partial charge in [-0.25, -0.2) is 4.79 Å². The van der Waals surface area contributed by atoms with E-state index in [0.717, 1.165) is 0 Å². The summed E-state index contributed by atoms with van der Waals surface area (Å²) in [5, 5.41) is 12.0. The Hall–Kier alpha value is -2.67. The van der Waals surface area contributed by atoms with Crippen LogP contribution < -0.4 is 5.32 Å².